The Bertz CT molecular complexity index is 915. The summed E-state index contributed by atoms with van der Waals surface area (Å²) in [4.78, 5) is 29.3. The van der Waals surface area contributed by atoms with Gasteiger partial charge in [-0.1, -0.05) is 30.7 Å². The first kappa shape index (κ1) is 19.6. The summed E-state index contributed by atoms with van der Waals surface area (Å²) < 4.78 is 0. The van der Waals surface area contributed by atoms with E-state index >= 15 is 0 Å². The van der Waals surface area contributed by atoms with E-state index in [0.29, 0.717) is 22.4 Å². The van der Waals surface area contributed by atoms with Crippen LogP contribution in [0.4, 0.5) is 0 Å². The molecule has 1 aromatic heterocycles. The summed E-state index contributed by atoms with van der Waals surface area (Å²) in [7, 11) is 0. The largest absolute Gasteiger partial charge is 0.366 e. The second-order valence-electron chi connectivity index (χ2n) is 8.46. The van der Waals surface area contributed by atoms with Gasteiger partial charge in [-0.2, -0.15) is 0 Å². The zero-order chi connectivity index (χ0) is 19.9. The van der Waals surface area contributed by atoms with Gasteiger partial charge in [0.2, 0.25) is 5.91 Å². The minimum atomic E-state index is -0.408. The predicted molar refractivity (Wildman–Crippen MR) is 113 cm³/mol. The van der Waals surface area contributed by atoms with Gasteiger partial charge in [0.15, 0.2) is 0 Å². The first-order chi connectivity index (χ1) is 13.3. The Morgan fingerprint density at radius 1 is 1.21 bits per heavy atom. The normalized spacial score (nSPS) is 17.9. The lowest BCUT2D eigenvalue weighted by molar-refractivity contribution is -0.117. The van der Waals surface area contributed by atoms with E-state index in [9.17, 15) is 9.59 Å². The van der Waals surface area contributed by atoms with E-state index in [1.165, 1.54) is 17.7 Å². The highest BCUT2D eigenvalue weighted by atomic mass is 35.5. The number of carbonyl (C=O) groups is 2. The van der Waals surface area contributed by atoms with Gasteiger partial charge >= 0.3 is 0 Å². The van der Waals surface area contributed by atoms with Crippen molar-refractivity contribution >= 4 is 34.6 Å². The van der Waals surface area contributed by atoms with Crippen LogP contribution in [-0.2, 0) is 30.6 Å². The molecular formula is C22H25ClN2O2S. The summed E-state index contributed by atoms with van der Waals surface area (Å²) in [5.41, 5.74) is 8.78. The van der Waals surface area contributed by atoms with Gasteiger partial charge in [0.05, 0.1) is 5.56 Å². The molecule has 2 heterocycles. The number of hydrogen-bond donors (Lipinski definition) is 1. The number of carbonyl (C=O) groups excluding carboxylic acids is 2. The highest BCUT2D eigenvalue weighted by Crippen LogP contribution is 2.46. The fourth-order valence-corrected chi connectivity index (χ4v) is 5.60. The minimum Gasteiger partial charge on any atom is -0.366 e. The number of benzene rings is 1. The topological polar surface area (TPSA) is 63.4 Å². The average molecular weight is 417 g/mol. The number of amides is 1. The summed E-state index contributed by atoms with van der Waals surface area (Å²) in [6.07, 6.45) is 4.04. The van der Waals surface area contributed by atoms with Crippen LogP contribution in [0.2, 0.25) is 5.02 Å². The first-order valence-electron chi connectivity index (χ1n) is 9.75. The van der Waals surface area contributed by atoms with E-state index in [1.807, 2.05) is 12.1 Å². The van der Waals surface area contributed by atoms with Crippen molar-refractivity contribution in [2.75, 3.05) is 13.1 Å². The van der Waals surface area contributed by atoms with Crippen molar-refractivity contribution in [2.24, 2.45) is 11.1 Å². The lowest BCUT2D eigenvalue weighted by atomic mass is 9.97. The van der Waals surface area contributed by atoms with E-state index in [2.05, 4.69) is 11.8 Å². The number of primary amides is 1. The van der Waals surface area contributed by atoms with Gasteiger partial charge in [0, 0.05) is 47.3 Å². The molecule has 2 aliphatic rings. The van der Waals surface area contributed by atoms with E-state index in [-0.39, 0.29) is 12.2 Å². The molecule has 2 aromatic rings. The van der Waals surface area contributed by atoms with Gasteiger partial charge in [-0.25, -0.2) is 0 Å². The Hall–Kier alpha value is -1.69. The number of halogens is 1. The Balaban J connectivity index is 1.50. The second kappa shape index (κ2) is 7.62. The molecule has 0 unspecified atom stereocenters. The molecule has 1 aliphatic carbocycles. The van der Waals surface area contributed by atoms with Gasteiger partial charge in [0.25, 0.3) is 0 Å². The molecule has 28 heavy (non-hydrogen) atoms. The maximum absolute atomic E-state index is 12.6. The molecule has 0 spiro atoms. The van der Waals surface area contributed by atoms with Gasteiger partial charge in [0.1, 0.15) is 5.78 Å². The Morgan fingerprint density at radius 3 is 2.57 bits per heavy atom. The average Bonchev–Trinajstić information content (AvgIpc) is 3.23. The highest BCUT2D eigenvalue weighted by molar-refractivity contribution is 7.12. The molecule has 0 saturated heterocycles. The number of nitrogens with two attached hydrogens (primary N) is 1. The standard InChI is InChI=1S/C22H25ClN2O2S/c1-22(7-8-22)13-25-9-6-17-19(12-25)28-18(20(17)21(24)27)11-16(26)10-14-2-4-15(23)5-3-14/h2-5H,6-13H2,1H3,(H2,24,27). The van der Waals surface area contributed by atoms with Crippen LogP contribution in [-0.4, -0.2) is 29.7 Å². The summed E-state index contributed by atoms with van der Waals surface area (Å²) in [6.45, 7) is 5.27. The molecule has 0 atom stereocenters. The smallest absolute Gasteiger partial charge is 0.250 e. The Morgan fingerprint density at radius 2 is 1.93 bits per heavy atom. The zero-order valence-corrected chi connectivity index (χ0v) is 17.7. The highest BCUT2D eigenvalue weighted by Gasteiger charge is 2.39. The van der Waals surface area contributed by atoms with Crippen LogP contribution in [0.5, 0.6) is 0 Å². The molecule has 2 N–H and O–H groups in total. The third kappa shape index (κ3) is 4.32. The number of rotatable bonds is 7. The van der Waals surface area contributed by atoms with Crippen LogP contribution >= 0.6 is 22.9 Å². The van der Waals surface area contributed by atoms with E-state index in [1.54, 1.807) is 23.5 Å². The van der Waals surface area contributed by atoms with Crippen LogP contribution in [0, 0.1) is 5.41 Å². The van der Waals surface area contributed by atoms with Crippen molar-refractivity contribution < 1.29 is 9.59 Å². The van der Waals surface area contributed by atoms with Crippen molar-refractivity contribution in [3.05, 3.63) is 55.7 Å². The number of ketones is 1. The van der Waals surface area contributed by atoms with Crippen molar-refractivity contribution in [1.82, 2.24) is 4.90 Å². The molecule has 1 amide bonds. The molecular weight excluding hydrogens is 392 g/mol. The summed E-state index contributed by atoms with van der Waals surface area (Å²) in [6, 6.07) is 7.31. The lowest BCUT2D eigenvalue weighted by Crippen LogP contribution is -2.34. The van der Waals surface area contributed by atoms with Gasteiger partial charge in [-0.15, -0.1) is 11.3 Å². The van der Waals surface area contributed by atoms with Crippen LogP contribution in [0.15, 0.2) is 24.3 Å². The van der Waals surface area contributed by atoms with Gasteiger partial charge < -0.3 is 5.73 Å². The zero-order valence-electron chi connectivity index (χ0n) is 16.1. The number of nitrogens with zero attached hydrogens (tertiary/aromatic N) is 1. The Kier molecular flexibility index (Phi) is 5.34. The molecule has 1 aliphatic heterocycles. The number of fused-ring (bicyclic) bond motifs is 1. The molecule has 0 radical (unpaired) electrons. The van der Waals surface area contributed by atoms with Crippen LogP contribution in [0.3, 0.4) is 0 Å². The second-order valence-corrected chi connectivity index (χ2v) is 10.1. The van der Waals surface area contributed by atoms with Crippen LogP contribution < -0.4 is 5.73 Å². The van der Waals surface area contributed by atoms with Crippen LogP contribution in [0.25, 0.3) is 0 Å². The van der Waals surface area contributed by atoms with E-state index in [0.717, 1.165) is 42.1 Å². The van der Waals surface area contributed by atoms with Gasteiger partial charge in [-0.3, -0.25) is 14.5 Å². The van der Waals surface area contributed by atoms with Crippen molar-refractivity contribution in [2.45, 2.75) is 45.6 Å². The first-order valence-corrected chi connectivity index (χ1v) is 10.9. The molecule has 0 bridgehead atoms. The SMILES string of the molecule is CC1(CN2CCc3c(sc(CC(=O)Cc4ccc(Cl)cc4)c3C(N)=O)C2)CC1. The summed E-state index contributed by atoms with van der Waals surface area (Å²) >= 11 is 7.51. The third-order valence-electron chi connectivity index (χ3n) is 5.84. The molecule has 4 nitrogen and oxygen atoms in total. The fraction of sp³-hybridized carbons (Fsp3) is 0.455. The van der Waals surface area contributed by atoms with E-state index < -0.39 is 5.91 Å². The van der Waals surface area contributed by atoms with Crippen LogP contribution in [0.1, 0.15) is 51.0 Å². The minimum absolute atomic E-state index is 0.0887. The van der Waals surface area contributed by atoms with Gasteiger partial charge in [-0.05, 0) is 47.9 Å². The van der Waals surface area contributed by atoms with Crippen molar-refractivity contribution in [3.63, 3.8) is 0 Å². The maximum Gasteiger partial charge on any atom is 0.250 e. The summed E-state index contributed by atoms with van der Waals surface area (Å²) in [5, 5.41) is 0.655. The molecule has 4 rings (SSSR count). The van der Waals surface area contributed by atoms with Crippen molar-refractivity contribution in [3.8, 4) is 0 Å². The lowest BCUT2D eigenvalue weighted by Gasteiger charge is -2.29. The van der Waals surface area contributed by atoms with Crippen molar-refractivity contribution in [1.29, 1.82) is 0 Å². The number of thiophene rings is 1. The number of Topliss-reactive ketones (excluding diaryl/α,β-unsaturated/α-hetero) is 1. The molecule has 1 aromatic carbocycles. The maximum atomic E-state index is 12.6. The third-order valence-corrected chi connectivity index (χ3v) is 7.31. The fourth-order valence-electron chi connectivity index (χ4n) is 4.04. The monoisotopic (exact) mass is 416 g/mol. The molecule has 6 heteroatoms. The molecule has 1 fully saturated rings. The quantitative estimate of drug-likeness (QED) is 0.741. The summed E-state index contributed by atoms with van der Waals surface area (Å²) in [5.74, 6) is -0.319. The predicted octanol–water partition coefficient (Wildman–Crippen LogP) is 4.01. The Labute approximate surface area is 174 Å². The number of hydrogen-bond acceptors (Lipinski definition) is 4. The molecule has 148 valence electrons. The molecule has 1 saturated carbocycles. The van der Waals surface area contributed by atoms with E-state index in [4.69, 9.17) is 17.3 Å².